The first-order valence-electron chi connectivity index (χ1n) is 3.78. The lowest BCUT2D eigenvalue weighted by molar-refractivity contribution is 0.505. The first-order chi connectivity index (χ1) is 5.17. The maximum Gasteiger partial charge on any atom is 0.201 e. The molecule has 4 heteroatoms. The lowest BCUT2D eigenvalue weighted by Crippen LogP contribution is -2.19. The second kappa shape index (κ2) is 3.61. The van der Waals surface area contributed by atoms with Gasteiger partial charge in [-0.1, -0.05) is 19.3 Å². The van der Waals surface area contributed by atoms with Crippen molar-refractivity contribution in [2.75, 3.05) is 0 Å². The molecular weight excluding hydrogens is 184 g/mol. The fourth-order valence-corrected chi connectivity index (χ4v) is 3.05. The third-order valence-corrected chi connectivity index (χ3v) is 4.60. The molecule has 0 spiro atoms. The van der Waals surface area contributed by atoms with Crippen molar-refractivity contribution in [2.24, 2.45) is 0 Å². The van der Waals surface area contributed by atoms with Crippen LogP contribution in [-0.2, 0) is 13.5 Å². The van der Waals surface area contributed by atoms with Gasteiger partial charge in [0.25, 0.3) is 0 Å². The van der Waals surface area contributed by atoms with Crippen LogP contribution in [0.5, 0.6) is 0 Å². The van der Waals surface area contributed by atoms with Crippen LogP contribution in [0.3, 0.4) is 0 Å². The van der Waals surface area contributed by atoms with Crippen LogP contribution >= 0.6 is 10.7 Å². The highest BCUT2D eigenvalue weighted by Crippen LogP contribution is 2.25. The highest BCUT2D eigenvalue weighted by Gasteiger charge is 2.22. The second-order valence-corrected chi connectivity index (χ2v) is 6.13. The van der Waals surface area contributed by atoms with Crippen molar-refractivity contribution in [1.29, 1.82) is 0 Å². The Kier molecular flexibility index (Phi) is 2.99. The molecule has 1 unspecified atom stereocenters. The van der Waals surface area contributed by atoms with Crippen LogP contribution in [0.1, 0.15) is 32.1 Å². The van der Waals surface area contributed by atoms with E-state index in [9.17, 15) is 9.00 Å². The maximum absolute atomic E-state index is 11.3. The summed E-state index contributed by atoms with van der Waals surface area (Å²) in [7, 11) is 2.70. The van der Waals surface area contributed by atoms with Crippen molar-refractivity contribution in [3.05, 3.63) is 0 Å². The highest BCUT2D eigenvalue weighted by atomic mass is 35.7. The van der Waals surface area contributed by atoms with Gasteiger partial charge in [-0.15, -0.1) is 0 Å². The molecule has 1 aliphatic rings. The quantitative estimate of drug-likeness (QED) is 0.472. The SMILES string of the molecule is O=C=S(=O)(Cl)C1CCCCC1. The molecule has 0 aliphatic heterocycles. The molecule has 1 aliphatic carbocycles. The Bertz CT molecular complexity index is 256. The Morgan fingerprint density at radius 3 is 2.27 bits per heavy atom. The predicted molar refractivity (Wildman–Crippen MR) is 46.6 cm³/mol. The van der Waals surface area contributed by atoms with Crippen LogP contribution < -0.4 is 0 Å². The molecule has 0 aromatic heterocycles. The van der Waals surface area contributed by atoms with E-state index in [0.29, 0.717) is 0 Å². The van der Waals surface area contributed by atoms with Gasteiger partial charge in [0.15, 0.2) is 0 Å². The number of halogens is 1. The van der Waals surface area contributed by atoms with Gasteiger partial charge in [0, 0.05) is 0 Å². The van der Waals surface area contributed by atoms with Crippen molar-refractivity contribution >= 4 is 24.7 Å². The molecule has 0 aromatic rings. The summed E-state index contributed by atoms with van der Waals surface area (Å²) in [4.78, 5) is 10.2. The summed E-state index contributed by atoms with van der Waals surface area (Å²) in [5, 5.41) is 1.34. The summed E-state index contributed by atoms with van der Waals surface area (Å²) >= 11 is 0. The molecule has 64 valence electrons. The number of hydrogen-bond donors (Lipinski definition) is 0. The van der Waals surface area contributed by atoms with Crippen molar-refractivity contribution in [2.45, 2.75) is 37.4 Å². The molecule has 0 saturated heterocycles. The Morgan fingerprint density at radius 2 is 1.82 bits per heavy atom. The van der Waals surface area contributed by atoms with Crippen LogP contribution in [0.2, 0.25) is 0 Å². The van der Waals surface area contributed by atoms with Crippen molar-refractivity contribution < 1.29 is 9.00 Å². The Morgan fingerprint density at radius 1 is 1.27 bits per heavy atom. The molecule has 11 heavy (non-hydrogen) atoms. The predicted octanol–water partition coefficient (Wildman–Crippen LogP) is 1.82. The summed E-state index contributed by atoms with van der Waals surface area (Å²) < 4.78 is 11.3. The first kappa shape index (κ1) is 9.11. The molecule has 0 amide bonds. The molecule has 1 rings (SSSR count). The van der Waals surface area contributed by atoms with E-state index in [0.717, 1.165) is 25.7 Å². The van der Waals surface area contributed by atoms with Gasteiger partial charge in [0.2, 0.25) is 5.23 Å². The minimum absolute atomic E-state index is 0.115. The van der Waals surface area contributed by atoms with E-state index in [4.69, 9.17) is 10.7 Å². The normalized spacial score (nSPS) is 25.5. The van der Waals surface area contributed by atoms with E-state index in [2.05, 4.69) is 0 Å². The fourth-order valence-electron chi connectivity index (χ4n) is 1.44. The zero-order chi connectivity index (χ0) is 8.32. The molecule has 0 aromatic carbocycles. The minimum Gasteiger partial charge on any atom is -0.241 e. The molecule has 1 atom stereocenters. The summed E-state index contributed by atoms with van der Waals surface area (Å²) in [5.74, 6) is 0. The molecule has 1 fully saturated rings. The van der Waals surface area contributed by atoms with Crippen LogP contribution in [-0.4, -0.2) is 14.7 Å². The summed E-state index contributed by atoms with van der Waals surface area (Å²) in [6, 6.07) is 0. The van der Waals surface area contributed by atoms with Gasteiger partial charge >= 0.3 is 0 Å². The standard InChI is InChI=1S/C7H11ClO2S/c8-11(10,6-9)7-4-2-1-3-5-7/h7H,1-5H2. The molecular formula is C7H11ClO2S. The van der Waals surface area contributed by atoms with Gasteiger partial charge in [-0.05, 0) is 23.5 Å². The monoisotopic (exact) mass is 194 g/mol. The first-order valence-corrected chi connectivity index (χ1v) is 6.23. The van der Waals surface area contributed by atoms with Crippen LogP contribution in [0, 0.1) is 0 Å². The van der Waals surface area contributed by atoms with Crippen LogP contribution in [0.4, 0.5) is 0 Å². The number of carbonyl (C=O) groups excluding carboxylic acids is 1. The zero-order valence-corrected chi connectivity index (χ0v) is 7.79. The second-order valence-electron chi connectivity index (χ2n) is 2.87. The van der Waals surface area contributed by atoms with Gasteiger partial charge in [0.1, 0.15) is 8.74 Å². The highest BCUT2D eigenvalue weighted by molar-refractivity contribution is 8.21. The maximum atomic E-state index is 11.3. The van der Waals surface area contributed by atoms with E-state index < -0.39 is 8.74 Å². The topological polar surface area (TPSA) is 34.1 Å². The molecule has 2 nitrogen and oxygen atoms in total. The van der Waals surface area contributed by atoms with Gasteiger partial charge in [0.05, 0.1) is 5.25 Å². The third kappa shape index (κ3) is 2.22. The average molecular weight is 195 g/mol. The van der Waals surface area contributed by atoms with Gasteiger partial charge < -0.3 is 0 Å². The summed E-state index contributed by atoms with van der Waals surface area (Å²) in [5.41, 5.74) is 0. The lowest BCUT2D eigenvalue weighted by Gasteiger charge is -2.19. The van der Waals surface area contributed by atoms with Gasteiger partial charge in [-0.3, -0.25) is 0 Å². The Labute approximate surface area is 71.4 Å². The third-order valence-electron chi connectivity index (χ3n) is 2.09. The van der Waals surface area contributed by atoms with E-state index in [1.807, 2.05) is 0 Å². The van der Waals surface area contributed by atoms with Crippen molar-refractivity contribution in [3.63, 3.8) is 0 Å². The van der Waals surface area contributed by atoms with Crippen LogP contribution in [0.15, 0.2) is 0 Å². The Balaban J connectivity index is 2.74. The fraction of sp³-hybridized carbons (Fsp3) is 0.857. The molecule has 0 bridgehead atoms. The van der Waals surface area contributed by atoms with E-state index >= 15 is 0 Å². The molecule has 0 N–H and O–H groups in total. The van der Waals surface area contributed by atoms with E-state index in [-0.39, 0.29) is 5.25 Å². The molecule has 0 radical (unpaired) electrons. The number of rotatable bonds is 1. The van der Waals surface area contributed by atoms with Gasteiger partial charge in [-0.25, -0.2) is 9.00 Å². The van der Waals surface area contributed by atoms with Crippen molar-refractivity contribution in [1.82, 2.24) is 0 Å². The zero-order valence-electron chi connectivity index (χ0n) is 6.22. The lowest BCUT2D eigenvalue weighted by atomic mass is 10.0. The van der Waals surface area contributed by atoms with Crippen molar-refractivity contribution in [3.8, 4) is 0 Å². The smallest absolute Gasteiger partial charge is 0.201 e. The largest absolute Gasteiger partial charge is 0.241 e. The minimum atomic E-state index is -2.80. The van der Waals surface area contributed by atoms with E-state index in [1.165, 1.54) is 11.7 Å². The van der Waals surface area contributed by atoms with E-state index in [1.54, 1.807) is 0 Å². The summed E-state index contributed by atoms with van der Waals surface area (Å²) in [6.45, 7) is 0. The average Bonchev–Trinajstić information content (AvgIpc) is 2.06. The number of hydrogen-bond acceptors (Lipinski definition) is 2. The molecule has 1 saturated carbocycles. The van der Waals surface area contributed by atoms with Gasteiger partial charge in [-0.2, -0.15) is 0 Å². The Hall–Kier alpha value is 0.0200. The summed E-state index contributed by atoms with van der Waals surface area (Å²) in [6.07, 6.45) is 4.88. The van der Waals surface area contributed by atoms with Crippen LogP contribution in [0.25, 0.3) is 0 Å². The molecule has 0 heterocycles.